The van der Waals surface area contributed by atoms with Gasteiger partial charge < -0.3 is 4.74 Å². The van der Waals surface area contributed by atoms with E-state index in [0.29, 0.717) is 0 Å². The molecule has 0 saturated heterocycles. The molecule has 0 aromatic carbocycles. The maximum Gasteiger partial charge on any atom is 0.142 e. The molecule has 0 bridgehead atoms. The summed E-state index contributed by atoms with van der Waals surface area (Å²) in [6, 6.07) is 0. The minimum absolute atomic E-state index is 0.113. The Labute approximate surface area is 81.0 Å². The van der Waals surface area contributed by atoms with Gasteiger partial charge in [-0.1, -0.05) is 18.9 Å². The SMILES string of the molecule is CCCC(C)(C/C(C)=C/C=O)OC. The second-order valence-corrected chi connectivity index (χ2v) is 3.73. The van der Waals surface area contributed by atoms with Crippen molar-refractivity contribution in [3.63, 3.8) is 0 Å². The Morgan fingerprint density at radius 3 is 2.54 bits per heavy atom. The lowest BCUT2D eigenvalue weighted by Gasteiger charge is -2.28. The summed E-state index contributed by atoms with van der Waals surface area (Å²) in [5.74, 6) is 0. The number of methoxy groups -OCH3 is 1. The summed E-state index contributed by atoms with van der Waals surface area (Å²) < 4.78 is 5.44. The van der Waals surface area contributed by atoms with Crippen LogP contribution in [0.25, 0.3) is 0 Å². The second kappa shape index (κ2) is 5.92. The van der Waals surface area contributed by atoms with Crippen molar-refractivity contribution in [1.82, 2.24) is 0 Å². The monoisotopic (exact) mass is 184 g/mol. The Hall–Kier alpha value is -0.630. The van der Waals surface area contributed by atoms with Crippen molar-refractivity contribution in [2.75, 3.05) is 7.11 Å². The van der Waals surface area contributed by atoms with E-state index in [1.165, 1.54) is 0 Å². The highest BCUT2D eigenvalue weighted by atomic mass is 16.5. The van der Waals surface area contributed by atoms with Crippen LogP contribution in [0.5, 0.6) is 0 Å². The molecule has 2 heteroatoms. The van der Waals surface area contributed by atoms with E-state index in [1.807, 2.05) is 6.92 Å². The van der Waals surface area contributed by atoms with Gasteiger partial charge in [-0.2, -0.15) is 0 Å². The van der Waals surface area contributed by atoms with Gasteiger partial charge in [-0.05, 0) is 32.8 Å². The summed E-state index contributed by atoms with van der Waals surface area (Å²) in [6.45, 7) is 6.18. The van der Waals surface area contributed by atoms with Crippen molar-refractivity contribution >= 4 is 6.29 Å². The van der Waals surface area contributed by atoms with Gasteiger partial charge in [-0.25, -0.2) is 0 Å². The van der Waals surface area contributed by atoms with Crippen molar-refractivity contribution in [2.24, 2.45) is 0 Å². The largest absolute Gasteiger partial charge is 0.378 e. The Bertz CT molecular complexity index is 185. The summed E-state index contributed by atoms with van der Waals surface area (Å²) in [5, 5.41) is 0. The number of allylic oxidation sites excluding steroid dienone is 1. The number of hydrogen-bond acceptors (Lipinski definition) is 2. The van der Waals surface area contributed by atoms with Crippen molar-refractivity contribution in [2.45, 2.75) is 45.6 Å². The zero-order valence-electron chi connectivity index (χ0n) is 9.09. The molecule has 0 saturated carbocycles. The summed E-state index contributed by atoms with van der Waals surface area (Å²) >= 11 is 0. The van der Waals surface area contributed by atoms with Crippen molar-refractivity contribution in [3.05, 3.63) is 11.6 Å². The lowest BCUT2D eigenvalue weighted by Crippen LogP contribution is -2.27. The molecule has 76 valence electrons. The predicted molar refractivity (Wildman–Crippen MR) is 54.8 cm³/mol. The van der Waals surface area contributed by atoms with Crippen LogP contribution in [0.4, 0.5) is 0 Å². The molecule has 0 heterocycles. The van der Waals surface area contributed by atoms with E-state index in [1.54, 1.807) is 13.2 Å². The van der Waals surface area contributed by atoms with Gasteiger partial charge in [0.05, 0.1) is 5.60 Å². The highest BCUT2D eigenvalue weighted by Crippen LogP contribution is 2.24. The Morgan fingerprint density at radius 1 is 1.54 bits per heavy atom. The molecule has 0 radical (unpaired) electrons. The topological polar surface area (TPSA) is 26.3 Å². The first-order chi connectivity index (χ1) is 6.08. The van der Waals surface area contributed by atoms with E-state index in [4.69, 9.17) is 4.74 Å². The average Bonchev–Trinajstić information content (AvgIpc) is 2.05. The van der Waals surface area contributed by atoms with Gasteiger partial charge in [0.15, 0.2) is 0 Å². The third kappa shape index (κ3) is 4.83. The molecular weight excluding hydrogens is 164 g/mol. The molecule has 0 fully saturated rings. The smallest absolute Gasteiger partial charge is 0.142 e. The van der Waals surface area contributed by atoms with Gasteiger partial charge in [0, 0.05) is 7.11 Å². The molecule has 0 rings (SSSR count). The van der Waals surface area contributed by atoms with Crippen molar-refractivity contribution < 1.29 is 9.53 Å². The van der Waals surface area contributed by atoms with Crippen LogP contribution >= 0.6 is 0 Å². The molecule has 1 atom stereocenters. The van der Waals surface area contributed by atoms with Crippen molar-refractivity contribution in [3.8, 4) is 0 Å². The average molecular weight is 184 g/mol. The van der Waals surface area contributed by atoms with E-state index >= 15 is 0 Å². The fourth-order valence-electron chi connectivity index (χ4n) is 1.56. The normalized spacial score (nSPS) is 16.8. The summed E-state index contributed by atoms with van der Waals surface area (Å²) in [7, 11) is 1.73. The number of carbonyl (C=O) groups is 1. The molecule has 1 unspecified atom stereocenters. The van der Waals surface area contributed by atoms with E-state index < -0.39 is 0 Å². The van der Waals surface area contributed by atoms with Gasteiger partial charge in [0.2, 0.25) is 0 Å². The number of rotatable bonds is 6. The molecule has 0 aromatic rings. The fourth-order valence-corrected chi connectivity index (χ4v) is 1.56. The lowest BCUT2D eigenvalue weighted by molar-refractivity contribution is -0.104. The molecule has 0 aliphatic rings. The highest BCUT2D eigenvalue weighted by Gasteiger charge is 2.22. The summed E-state index contributed by atoms with van der Waals surface area (Å²) in [4.78, 5) is 10.2. The summed E-state index contributed by atoms with van der Waals surface area (Å²) in [5.41, 5.74) is 0.964. The first-order valence-electron chi connectivity index (χ1n) is 4.74. The molecule has 0 aliphatic carbocycles. The Morgan fingerprint density at radius 2 is 2.15 bits per heavy atom. The maximum absolute atomic E-state index is 10.2. The van der Waals surface area contributed by atoms with E-state index in [-0.39, 0.29) is 5.60 Å². The van der Waals surface area contributed by atoms with Crippen LogP contribution < -0.4 is 0 Å². The highest BCUT2D eigenvalue weighted by molar-refractivity contribution is 5.65. The zero-order chi connectivity index (χ0) is 10.3. The third-order valence-electron chi connectivity index (χ3n) is 2.28. The van der Waals surface area contributed by atoms with Gasteiger partial charge in [0.1, 0.15) is 6.29 Å². The van der Waals surface area contributed by atoms with Gasteiger partial charge in [-0.3, -0.25) is 4.79 Å². The van der Waals surface area contributed by atoms with Gasteiger partial charge >= 0.3 is 0 Å². The molecule has 2 nitrogen and oxygen atoms in total. The minimum Gasteiger partial charge on any atom is -0.378 e. The maximum atomic E-state index is 10.2. The van der Waals surface area contributed by atoms with Crippen LogP contribution in [-0.2, 0) is 9.53 Å². The molecule has 0 spiro atoms. The van der Waals surface area contributed by atoms with Crippen LogP contribution in [0, 0.1) is 0 Å². The first-order valence-corrected chi connectivity index (χ1v) is 4.74. The standard InChI is InChI=1S/C11H20O2/c1-5-7-11(3,13-4)9-10(2)6-8-12/h6,8H,5,7,9H2,1-4H3/b10-6+. The summed E-state index contributed by atoms with van der Waals surface area (Å²) in [6.07, 6.45) is 5.38. The van der Waals surface area contributed by atoms with Crippen LogP contribution in [0.2, 0.25) is 0 Å². The second-order valence-electron chi connectivity index (χ2n) is 3.73. The molecule has 0 aliphatic heterocycles. The number of hydrogen-bond donors (Lipinski definition) is 0. The third-order valence-corrected chi connectivity index (χ3v) is 2.28. The van der Waals surface area contributed by atoms with Gasteiger partial charge in [-0.15, -0.1) is 0 Å². The molecular formula is C11H20O2. The van der Waals surface area contributed by atoms with Crippen molar-refractivity contribution in [1.29, 1.82) is 0 Å². The van der Waals surface area contributed by atoms with E-state index in [0.717, 1.165) is 31.1 Å². The number of carbonyl (C=O) groups excluding carboxylic acids is 1. The quantitative estimate of drug-likeness (QED) is 0.468. The molecule has 13 heavy (non-hydrogen) atoms. The number of ether oxygens (including phenoxy) is 1. The van der Waals surface area contributed by atoms with Gasteiger partial charge in [0.25, 0.3) is 0 Å². The zero-order valence-corrected chi connectivity index (χ0v) is 9.09. The van der Waals surface area contributed by atoms with E-state index in [2.05, 4.69) is 13.8 Å². The molecule has 0 N–H and O–H groups in total. The van der Waals surface area contributed by atoms with E-state index in [9.17, 15) is 4.79 Å². The Balaban J connectivity index is 4.25. The van der Waals surface area contributed by atoms with Crippen LogP contribution in [0.3, 0.4) is 0 Å². The first kappa shape index (κ1) is 12.4. The van der Waals surface area contributed by atoms with Crippen LogP contribution in [0.15, 0.2) is 11.6 Å². The molecule has 0 aromatic heterocycles. The minimum atomic E-state index is -0.113. The van der Waals surface area contributed by atoms with Crippen LogP contribution in [0.1, 0.15) is 40.0 Å². The lowest BCUT2D eigenvalue weighted by atomic mass is 9.92. The fraction of sp³-hybridized carbons (Fsp3) is 0.727. The predicted octanol–water partition coefficient (Wildman–Crippen LogP) is 2.73. The molecule has 0 amide bonds. The van der Waals surface area contributed by atoms with Crippen LogP contribution in [-0.4, -0.2) is 19.0 Å². The number of aldehydes is 1. The Kier molecular flexibility index (Phi) is 5.63.